The van der Waals surface area contributed by atoms with E-state index < -0.39 is 16.6 Å². The standard InChI is InChI=1S/C28H35N3O4/c1-24(2)14-17-15-26-10-6-7-12-31(26)16-27(17,30(5)23(26)33)28(24)18-8-9-19-21(20(18)29-22(28)32)34-13-11-25(3,4)35-19/h8-9,11,13,17H,6-7,10,12,14-16H2,1-5H3,(H,29,32)/t17-,26-,27+,28-/m0/s1. The maximum absolute atomic E-state index is 14.4. The van der Waals surface area contributed by atoms with Crippen LogP contribution in [0.15, 0.2) is 24.5 Å². The highest BCUT2D eigenvalue weighted by Crippen LogP contribution is 2.73. The van der Waals surface area contributed by atoms with E-state index in [0.717, 1.165) is 50.8 Å². The lowest BCUT2D eigenvalue weighted by Gasteiger charge is -2.69. The maximum Gasteiger partial charge on any atom is 0.243 e. The van der Waals surface area contributed by atoms with E-state index in [-0.39, 0.29) is 28.7 Å². The van der Waals surface area contributed by atoms with Gasteiger partial charge in [0, 0.05) is 13.6 Å². The van der Waals surface area contributed by atoms with Crippen LogP contribution in [0.25, 0.3) is 0 Å². The van der Waals surface area contributed by atoms with Crippen molar-refractivity contribution in [1.29, 1.82) is 0 Å². The van der Waals surface area contributed by atoms with Gasteiger partial charge in [-0.1, -0.05) is 19.9 Å². The lowest BCUT2D eigenvalue weighted by Crippen LogP contribution is -2.85. The van der Waals surface area contributed by atoms with Crippen LogP contribution >= 0.6 is 0 Å². The van der Waals surface area contributed by atoms with Crippen molar-refractivity contribution < 1.29 is 19.1 Å². The van der Waals surface area contributed by atoms with Gasteiger partial charge in [0.1, 0.15) is 16.6 Å². The van der Waals surface area contributed by atoms with Crippen molar-refractivity contribution in [3.8, 4) is 11.5 Å². The number of carbonyl (C=O) groups excluding carboxylic acids is 2. The predicted octanol–water partition coefficient (Wildman–Crippen LogP) is 3.83. The lowest BCUT2D eigenvalue weighted by atomic mass is 9.52. The molecule has 0 aromatic heterocycles. The molecule has 1 aromatic carbocycles. The molecule has 3 spiro atoms. The Morgan fingerprint density at radius 3 is 2.69 bits per heavy atom. The second-order valence-electron chi connectivity index (χ2n) is 12.8. The second-order valence-corrected chi connectivity index (χ2v) is 12.8. The van der Waals surface area contributed by atoms with Gasteiger partial charge in [-0.25, -0.2) is 0 Å². The summed E-state index contributed by atoms with van der Waals surface area (Å²) in [6.07, 6.45) is 8.44. The fourth-order valence-electron chi connectivity index (χ4n) is 9.24. The molecule has 1 N–H and O–H groups in total. The molecule has 2 amide bonds. The van der Waals surface area contributed by atoms with Gasteiger partial charge in [-0.05, 0) is 81.5 Å². The van der Waals surface area contributed by atoms with Gasteiger partial charge in [-0.2, -0.15) is 0 Å². The Kier molecular flexibility index (Phi) is 3.86. The summed E-state index contributed by atoms with van der Waals surface area (Å²) < 4.78 is 12.3. The molecule has 4 atom stereocenters. The zero-order chi connectivity index (χ0) is 24.6. The van der Waals surface area contributed by atoms with Crippen LogP contribution in [0, 0.1) is 11.3 Å². The summed E-state index contributed by atoms with van der Waals surface area (Å²) in [5.41, 5.74) is -1.10. The van der Waals surface area contributed by atoms with Crippen LogP contribution in [0.1, 0.15) is 65.4 Å². The minimum atomic E-state index is -0.877. The van der Waals surface area contributed by atoms with E-state index in [0.29, 0.717) is 17.2 Å². The van der Waals surface area contributed by atoms with Crippen molar-refractivity contribution in [3.63, 3.8) is 0 Å². The molecule has 0 radical (unpaired) electrons. The SMILES string of the molecule is CN1C(=O)[C@@]23CCCCN2C[C@]12[C@@H](CC(C)(C)[C@]21C(=O)Nc2c1ccc1c2OC=CC(C)(C)O1)C3. The fourth-order valence-corrected chi connectivity index (χ4v) is 9.24. The van der Waals surface area contributed by atoms with Crippen LogP contribution in [0.3, 0.4) is 0 Å². The van der Waals surface area contributed by atoms with E-state index in [1.807, 2.05) is 37.9 Å². The zero-order valence-corrected chi connectivity index (χ0v) is 21.4. The van der Waals surface area contributed by atoms with Crippen molar-refractivity contribution in [2.24, 2.45) is 11.3 Å². The third kappa shape index (κ3) is 2.20. The molecule has 4 saturated heterocycles. The quantitative estimate of drug-likeness (QED) is 0.615. The molecule has 5 fully saturated rings. The topological polar surface area (TPSA) is 71.1 Å². The van der Waals surface area contributed by atoms with Crippen LogP contribution in [-0.4, -0.2) is 58.4 Å². The van der Waals surface area contributed by atoms with Gasteiger partial charge >= 0.3 is 0 Å². The first-order valence-corrected chi connectivity index (χ1v) is 13.1. The summed E-state index contributed by atoms with van der Waals surface area (Å²) in [4.78, 5) is 33.0. The minimum Gasteiger partial charge on any atom is -0.480 e. The highest BCUT2D eigenvalue weighted by molar-refractivity contribution is 6.11. The Morgan fingerprint density at radius 2 is 1.89 bits per heavy atom. The average molecular weight is 478 g/mol. The number of nitrogens with one attached hydrogen (secondary N) is 1. The minimum absolute atomic E-state index is 0.0180. The van der Waals surface area contributed by atoms with Gasteiger partial charge in [-0.15, -0.1) is 0 Å². The number of hydrogen-bond donors (Lipinski definition) is 1. The Labute approximate surface area is 206 Å². The van der Waals surface area contributed by atoms with Crippen molar-refractivity contribution in [2.45, 2.75) is 81.9 Å². The number of piperazine rings is 1. The molecule has 2 bridgehead atoms. The monoisotopic (exact) mass is 477 g/mol. The number of hydrogen-bond acceptors (Lipinski definition) is 5. The lowest BCUT2D eigenvalue weighted by molar-refractivity contribution is -0.201. The molecular weight excluding hydrogens is 442 g/mol. The summed E-state index contributed by atoms with van der Waals surface area (Å²) in [5, 5.41) is 3.25. The van der Waals surface area contributed by atoms with Crippen molar-refractivity contribution >= 4 is 17.5 Å². The number of rotatable bonds is 0. The van der Waals surface area contributed by atoms with E-state index in [4.69, 9.17) is 9.47 Å². The normalized spacial score (nSPS) is 39.8. The maximum atomic E-state index is 14.4. The summed E-state index contributed by atoms with van der Waals surface area (Å²) in [7, 11) is 1.96. The van der Waals surface area contributed by atoms with Crippen LogP contribution in [0.4, 0.5) is 5.69 Å². The molecule has 6 aliphatic heterocycles. The molecular formula is C28H35N3O4. The van der Waals surface area contributed by atoms with Crippen LogP contribution in [0.5, 0.6) is 11.5 Å². The molecule has 7 nitrogen and oxygen atoms in total. The van der Waals surface area contributed by atoms with Gasteiger partial charge in [0.25, 0.3) is 0 Å². The number of anilines is 1. The molecule has 6 heterocycles. The van der Waals surface area contributed by atoms with E-state index in [9.17, 15) is 9.59 Å². The first kappa shape index (κ1) is 21.7. The number of nitrogens with zero attached hydrogens (tertiary/aromatic N) is 2. The highest BCUT2D eigenvalue weighted by atomic mass is 16.5. The third-order valence-corrected chi connectivity index (χ3v) is 10.4. The van der Waals surface area contributed by atoms with Crippen molar-refractivity contribution in [3.05, 3.63) is 30.0 Å². The van der Waals surface area contributed by atoms with Gasteiger partial charge < -0.3 is 19.7 Å². The smallest absolute Gasteiger partial charge is 0.243 e. The van der Waals surface area contributed by atoms with E-state index >= 15 is 0 Å². The van der Waals surface area contributed by atoms with Crippen LogP contribution in [0.2, 0.25) is 0 Å². The summed E-state index contributed by atoms with van der Waals surface area (Å²) in [6, 6.07) is 4.00. The molecule has 8 rings (SSSR count). The fraction of sp³-hybridized carbons (Fsp3) is 0.643. The van der Waals surface area contributed by atoms with Gasteiger partial charge in [0.15, 0.2) is 11.5 Å². The molecule has 0 unspecified atom stereocenters. The number of ether oxygens (including phenoxy) is 2. The predicted molar refractivity (Wildman–Crippen MR) is 131 cm³/mol. The number of fused-ring (bicyclic) bond motifs is 5. The van der Waals surface area contributed by atoms with Crippen molar-refractivity contribution in [1.82, 2.24) is 9.80 Å². The molecule has 1 aromatic rings. The highest BCUT2D eigenvalue weighted by Gasteiger charge is 2.82. The van der Waals surface area contributed by atoms with Crippen molar-refractivity contribution in [2.75, 3.05) is 25.5 Å². The van der Waals surface area contributed by atoms with Gasteiger partial charge in [0.05, 0.1) is 17.5 Å². The molecule has 7 heteroatoms. The Hall–Kier alpha value is -2.54. The van der Waals surface area contributed by atoms with E-state index in [1.165, 1.54) is 0 Å². The summed E-state index contributed by atoms with van der Waals surface area (Å²) in [5.74, 6) is 1.62. The number of carbonyl (C=O) groups is 2. The van der Waals surface area contributed by atoms with Crippen LogP contribution in [-0.2, 0) is 15.0 Å². The molecule has 1 saturated carbocycles. The second kappa shape index (κ2) is 6.23. The Balaban J connectivity index is 1.48. The molecule has 7 aliphatic rings. The molecule has 35 heavy (non-hydrogen) atoms. The summed E-state index contributed by atoms with van der Waals surface area (Å²) in [6.45, 7) is 10.1. The number of benzene rings is 1. The third-order valence-electron chi connectivity index (χ3n) is 10.4. The van der Waals surface area contributed by atoms with Gasteiger partial charge in [0.2, 0.25) is 11.8 Å². The zero-order valence-electron chi connectivity index (χ0n) is 21.4. The first-order chi connectivity index (χ1) is 16.5. The van der Waals surface area contributed by atoms with Gasteiger partial charge in [-0.3, -0.25) is 14.5 Å². The van der Waals surface area contributed by atoms with E-state index in [2.05, 4.69) is 30.1 Å². The molecule has 1 aliphatic carbocycles. The number of amides is 2. The number of piperidine rings is 3. The Morgan fingerprint density at radius 1 is 1.09 bits per heavy atom. The first-order valence-electron chi connectivity index (χ1n) is 13.1. The average Bonchev–Trinajstić information content (AvgIpc) is 3.13. The van der Waals surface area contributed by atoms with Crippen LogP contribution < -0.4 is 14.8 Å². The number of likely N-dealkylation sites (N-methyl/N-ethyl adjacent to an activating group) is 1. The largest absolute Gasteiger partial charge is 0.480 e. The Bertz CT molecular complexity index is 1220. The van der Waals surface area contributed by atoms with E-state index in [1.54, 1.807) is 6.26 Å². The molecule has 186 valence electrons. The summed E-state index contributed by atoms with van der Waals surface area (Å²) >= 11 is 0.